The van der Waals surface area contributed by atoms with Gasteiger partial charge in [-0.05, 0) is 46.8 Å². The maximum Gasteiger partial charge on any atom is 0.225 e. The predicted molar refractivity (Wildman–Crippen MR) is 103 cm³/mol. The number of hydrogen-bond acceptors (Lipinski definition) is 7. The maximum absolute atomic E-state index is 12.1. The van der Waals surface area contributed by atoms with Crippen molar-refractivity contribution in [1.82, 2.24) is 20.2 Å². The molecular weight excluding hydrogens is 366 g/mol. The molecule has 1 aromatic heterocycles. The number of hydrogen-bond donors (Lipinski definition) is 1. The minimum Gasteiger partial charge on any atom is -0.497 e. The lowest BCUT2D eigenvalue weighted by Crippen LogP contribution is -2.12. The van der Waals surface area contributed by atoms with Gasteiger partial charge in [-0.1, -0.05) is 17.8 Å². The van der Waals surface area contributed by atoms with Gasteiger partial charge in [0.2, 0.25) is 11.1 Å². The number of nitrogens with one attached hydrogen (secondary N) is 1. The molecule has 2 aromatic carbocycles. The summed E-state index contributed by atoms with van der Waals surface area (Å²) < 4.78 is 11.9. The Morgan fingerprint density at radius 1 is 1.11 bits per heavy atom. The van der Waals surface area contributed by atoms with E-state index in [1.165, 1.54) is 11.8 Å². The van der Waals surface area contributed by atoms with E-state index >= 15 is 0 Å². The third-order valence-corrected chi connectivity index (χ3v) is 4.59. The average molecular weight is 385 g/mol. The van der Waals surface area contributed by atoms with Gasteiger partial charge in [0.15, 0.2) is 0 Å². The van der Waals surface area contributed by atoms with Crippen LogP contribution < -0.4 is 14.8 Å². The first-order valence-corrected chi connectivity index (χ1v) is 9.17. The molecular formula is C18H19N5O3S. The molecule has 140 valence electrons. The van der Waals surface area contributed by atoms with E-state index in [0.29, 0.717) is 28.8 Å². The van der Waals surface area contributed by atoms with Crippen LogP contribution >= 0.6 is 11.8 Å². The number of carbonyl (C=O) groups is 1. The van der Waals surface area contributed by atoms with Crippen molar-refractivity contribution in [1.29, 1.82) is 0 Å². The fraction of sp³-hybridized carbons (Fsp3) is 0.222. The highest BCUT2D eigenvalue weighted by Crippen LogP contribution is 2.21. The Morgan fingerprint density at radius 3 is 2.63 bits per heavy atom. The Morgan fingerprint density at radius 2 is 1.89 bits per heavy atom. The SMILES string of the molecule is COc1ccc(-n2nnnc2SCCC(=O)Nc2cccc(OC)c2)cc1. The number of methoxy groups -OCH3 is 2. The minimum absolute atomic E-state index is 0.0841. The summed E-state index contributed by atoms with van der Waals surface area (Å²) in [7, 11) is 3.20. The van der Waals surface area contributed by atoms with E-state index in [-0.39, 0.29) is 5.91 Å². The lowest BCUT2D eigenvalue weighted by Gasteiger charge is -2.07. The predicted octanol–water partition coefficient (Wildman–Crippen LogP) is 2.80. The van der Waals surface area contributed by atoms with E-state index in [1.54, 1.807) is 25.0 Å². The fourth-order valence-corrected chi connectivity index (χ4v) is 3.14. The van der Waals surface area contributed by atoms with Crippen LogP contribution in [0, 0.1) is 0 Å². The summed E-state index contributed by atoms with van der Waals surface area (Å²) in [5.74, 6) is 1.92. The largest absolute Gasteiger partial charge is 0.497 e. The van der Waals surface area contributed by atoms with Crippen molar-refractivity contribution in [3.05, 3.63) is 48.5 Å². The number of benzene rings is 2. The molecule has 0 atom stereocenters. The average Bonchev–Trinajstić information content (AvgIpc) is 3.16. The second-order valence-electron chi connectivity index (χ2n) is 5.45. The number of carbonyl (C=O) groups excluding carboxylic acids is 1. The third kappa shape index (κ3) is 4.98. The van der Waals surface area contributed by atoms with Crippen LogP contribution in [0.3, 0.4) is 0 Å². The number of nitrogens with zero attached hydrogens (tertiary/aromatic N) is 4. The van der Waals surface area contributed by atoms with Crippen LogP contribution in [-0.4, -0.2) is 46.1 Å². The smallest absolute Gasteiger partial charge is 0.225 e. The monoisotopic (exact) mass is 385 g/mol. The topological polar surface area (TPSA) is 91.2 Å². The molecule has 9 heteroatoms. The molecule has 1 N–H and O–H groups in total. The number of aromatic nitrogens is 4. The first-order chi connectivity index (χ1) is 13.2. The highest BCUT2D eigenvalue weighted by molar-refractivity contribution is 7.99. The van der Waals surface area contributed by atoms with Crippen molar-refractivity contribution in [2.24, 2.45) is 0 Å². The summed E-state index contributed by atoms with van der Waals surface area (Å²) in [6, 6.07) is 14.7. The normalized spacial score (nSPS) is 10.4. The molecule has 0 bridgehead atoms. The van der Waals surface area contributed by atoms with E-state index in [4.69, 9.17) is 9.47 Å². The van der Waals surface area contributed by atoms with Crippen LogP contribution in [-0.2, 0) is 4.79 Å². The van der Waals surface area contributed by atoms with Gasteiger partial charge in [0.25, 0.3) is 0 Å². The molecule has 3 rings (SSSR count). The van der Waals surface area contributed by atoms with Crippen LogP contribution in [0.4, 0.5) is 5.69 Å². The van der Waals surface area contributed by atoms with Crippen molar-refractivity contribution in [2.75, 3.05) is 25.3 Å². The van der Waals surface area contributed by atoms with Crippen molar-refractivity contribution in [3.8, 4) is 17.2 Å². The van der Waals surface area contributed by atoms with Gasteiger partial charge in [-0.25, -0.2) is 0 Å². The quantitative estimate of drug-likeness (QED) is 0.596. The Labute approximate surface area is 160 Å². The number of ether oxygens (including phenoxy) is 2. The standard InChI is InChI=1S/C18H19N5O3S/c1-25-15-8-6-14(7-9-15)23-18(20-21-22-23)27-11-10-17(24)19-13-4-3-5-16(12-13)26-2/h3-9,12H,10-11H2,1-2H3,(H,19,24). The summed E-state index contributed by atoms with van der Waals surface area (Å²) >= 11 is 1.42. The van der Waals surface area contributed by atoms with E-state index in [2.05, 4.69) is 20.8 Å². The van der Waals surface area contributed by atoms with Crippen LogP contribution in [0.1, 0.15) is 6.42 Å². The first-order valence-electron chi connectivity index (χ1n) is 8.19. The van der Waals surface area contributed by atoms with Crippen molar-refractivity contribution >= 4 is 23.4 Å². The molecule has 0 aliphatic rings. The van der Waals surface area contributed by atoms with E-state index in [9.17, 15) is 4.79 Å². The fourth-order valence-electron chi connectivity index (χ4n) is 2.31. The summed E-state index contributed by atoms with van der Waals surface area (Å²) in [6.07, 6.45) is 0.331. The molecule has 0 fully saturated rings. The Balaban J connectivity index is 1.54. The zero-order valence-corrected chi connectivity index (χ0v) is 15.8. The van der Waals surface area contributed by atoms with Crippen LogP contribution in [0.2, 0.25) is 0 Å². The van der Waals surface area contributed by atoms with Crippen LogP contribution in [0.5, 0.6) is 11.5 Å². The van der Waals surface area contributed by atoms with Crippen molar-refractivity contribution < 1.29 is 14.3 Å². The maximum atomic E-state index is 12.1. The van der Waals surface area contributed by atoms with Gasteiger partial charge >= 0.3 is 0 Å². The number of tetrazole rings is 1. The highest BCUT2D eigenvalue weighted by Gasteiger charge is 2.11. The molecule has 0 saturated heterocycles. The zero-order valence-electron chi connectivity index (χ0n) is 15.0. The molecule has 0 aliphatic carbocycles. The Kier molecular flexibility index (Phi) is 6.26. The van der Waals surface area contributed by atoms with Crippen molar-refractivity contribution in [3.63, 3.8) is 0 Å². The van der Waals surface area contributed by atoms with Gasteiger partial charge < -0.3 is 14.8 Å². The Bertz CT molecular complexity index is 898. The minimum atomic E-state index is -0.0841. The summed E-state index contributed by atoms with van der Waals surface area (Å²) in [4.78, 5) is 12.1. The number of amides is 1. The van der Waals surface area contributed by atoms with Gasteiger partial charge in [0.05, 0.1) is 19.9 Å². The molecule has 0 saturated carbocycles. The first kappa shape index (κ1) is 18.7. The van der Waals surface area contributed by atoms with E-state index in [0.717, 1.165) is 11.4 Å². The second kappa shape index (κ2) is 9.04. The highest BCUT2D eigenvalue weighted by atomic mass is 32.2. The van der Waals surface area contributed by atoms with Gasteiger partial charge in [-0.2, -0.15) is 4.68 Å². The lowest BCUT2D eigenvalue weighted by molar-refractivity contribution is -0.115. The van der Waals surface area contributed by atoms with Crippen LogP contribution in [0.25, 0.3) is 5.69 Å². The number of anilines is 1. The van der Waals surface area contributed by atoms with Gasteiger partial charge in [-0.3, -0.25) is 4.79 Å². The molecule has 1 heterocycles. The summed E-state index contributed by atoms with van der Waals surface area (Å²) in [5.41, 5.74) is 1.52. The van der Waals surface area contributed by atoms with E-state index < -0.39 is 0 Å². The molecule has 27 heavy (non-hydrogen) atoms. The summed E-state index contributed by atoms with van der Waals surface area (Å²) in [6.45, 7) is 0. The lowest BCUT2D eigenvalue weighted by atomic mass is 10.3. The molecule has 1 amide bonds. The van der Waals surface area contributed by atoms with Gasteiger partial charge in [-0.15, -0.1) is 5.10 Å². The van der Waals surface area contributed by atoms with Gasteiger partial charge in [0, 0.05) is 23.9 Å². The molecule has 8 nitrogen and oxygen atoms in total. The molecule has 3 aromatic rings. The molecule has 0 radical (unpaired) electrons. The van der Waals surface area contributed by atoms with E-state index in [1.807, 2.05) is 42.5 Å². The number of rotatable bonds is 8. The second-order valence-corrected chi connectivity index (χ2v) is 6.51. The molecule has 0 unspecified atom stereocenters. The Hall–Kier alpha value is -3.07. The van der Waals surface area contributed by atoms with Gasteiger partial charge in [0.1, 0.15) is 11.5 Å². The molecule has 0 spiro atoms. The van der Waals surface area contributed by atoms with Crippen molar-refractivity contribution in [2.45, 2.75) is 11.6 Å². The number of thioether (sulfide) groups is 1. The summed E-state index contributed by atoms with van der Waals surface area (Å²) in [5, 5.41) is 15.2. The van der Waals surface area contributed by atoms with Crippen LogP contribution in [0.15, 0.2) is 53.7 Å². The zero-order chi connectivity index (χ0) is 19.1. The third-order valence-electron chi connectivity index (χ3n) is 3.67. The molecule has 0 aliphatic heterocycles.